The molecule has 2 aromatic carbocycles. The molecular formula is C24H27N5O3S. The molecule has 1 aliphatic rings. The third-order valence-corrected chi connectivity index (χ3v) is 7.54. The van der Waals surface area contributed by atoms with Crippen molar-refractivity contribution in [3.8, 4) is 11.1 Å². The molecule has 1 N–H and O–H groups in total. The number of anilines is 1. The van der Waals surface area contributed by atoms with E-state index in [1.165, 1.54) is 4.31 Å². The molecule has 1 aliphatic heterocycles. The van der Waals surface area contributed by atoms with Crippen molar-refractivity contribution < 1.29 is 13.2 Å². The van der Waals surface area contributed by atoms with Crippen LogP contribution in [0.15, 0.2) is 73.1 Å². The van der Waals surface area contributed by atoms with E-state index in [4.69, 9.17) is 0 Å². The highest BCUT2D eigenvalue weighted by atomic mass is 32.2. The normalized spacial score (nSPS) is 14.7. The predicted octanol–water partition coefficient (Wildman–Crippen LogP) is 2.42. The fourth-order valence-corrected chi connectivity index (χ4v) is 5.24. The van der Waals surface area contributed by atoms with Crippen molar-refractivity contribution in [2.75, 3.05) is 43.4 Å². The monoisotopic (exact) mass is 465 g/mol. The molecule has 1 fully saturated rings. The molecule has 33 heavy (non-hydrogen) atoms. The van der Waals surface area contributed by atoms with Crippen molar-refractivity contribution in [2.45, 2.75) is 6.42 Å². The summed E-state index contributed by atoms with van der Waals surface area (Å²) >= 11 is 0. The molecule has 4 rings (SSSR count). The van der Waals surface area contributed by atoms with Gasteiger partial charge in [-0.1, -0.05) is 42.5 Å². The van der Waals surface area contributed by atoms with Crippen molar-refractivity contribution in [1.29, 1.82) is 0 Å². The zero-order valence-corrected chi connectivity index (χ0v) is 19.1. The molecule has 0 saturated carbocycles. The molecule has 3 aromatic rings. The number of aromatic nitrogens is 2. The van der Waals surface area contributed by atoms with Gasteiger partial charge in [0.05, 0.1) is 5.75 Å². The van der Waals surface area contributed by atoms with Gasteiger partial charge < -0.3 is 10.2 Å². The topological polar surface area (TPSA) is 95.5 Å². The molecule has 0 radical (unpaired) electrons. The van der Waals surface area contributed by atoms with Crippen LogP contribution >= 0.6 is 0 Å². The number of benzene rings is 2. The number of hydrogen-bond acceptors (Lipinski definition) is 6. The second-order valence-corrected chi connectivity index (χ2v) is 9.89. The van der Waals surface area contributed by atoms with Gasteiger partial charge in [-0.25, -0.2) is 18.4 Å². The Hall–Kier alpha value is -3.30. The second kappa shape index (κ2) is 10.5. The Bertz CT molecular complexity index is 1150. The summed E-state index contributed by atoms with van der Waals surface area (Å²) in [6, 6.07) is 19.1. The van der Waals surface area contributed by atoms with E-state index in [2.05, 4.69) is 15.3 Å². The minimum Gasteiger partial charge on any atom is -0.352 e. The number of carbonyl (C=O) groups is 1. The fourth-order valence-electron chi connectivity index (χ4n) is 3.75. The molecule has 0 bridgehead atoms. The summed E-state index contributed by atoms with van der Waals surface area (Å²) in [5.41, 5.74) is 2.68. The van der Waals surface area contributed by atoms with E-state index in [1.807, 2.05) is 47.4 Å². The molecule has 9 heteroatoms. The number of carbonyl (C=O) groups excluding carboxylic acids is 1. The number of rotatable bonds is 8. The van der Waals surface area contributed by atoms with Crippen LogP contribution in [0.4, 0.5) is 5.95 Å². The lowest BCUT2D eigenvalue weighted by molar-refractivity contribution is 0.0953. The molecule has 0 unspecified atom stereocenters. The Kier molecular flexibility index (Phi) is 7.31. The van der Waals surface area contributed by atoms with Crippen LogP contribution in [0.3, 0.4) is 0 Å². The van der Waals surface area contributed by atoms with Crippen molar-refractivity contribution >= 4 is 21.9 Å². The van der Waals surface area contributed by atoms with E-state index < -0.39 is 10.0 Å². The van der Waals surface area contributed by atoms with Gasteiger partial charge in [0.1, 0.15) is 0 Å². The summed E-state index contributed by atoms with van der Waals surface area (Å²) in [4.78, 5) is 22.8. The molecule has 2 heterocycles. The average molecular weight is 466 g/mol. The number of nitrogens with one attached hydrogen (secondary N) is 1. The first-order valence-electron chi connectivity index (χ1n) is 11.0. The molecular weight excluding hydrogens is 438 g/mol. The summed E-state index contributed by atoms with van der Waals surface area (Å²) in [7, 11) is -3.37. The van der Waals surface area contributed by atoms with Gasteiger partial charge in [-0.15, -0.1) is 0 Å². The number of nitrogens with zero attached hydrogens (tertiary/aromatic N) is 4. The van der Waals surface area contributed by atoms with Crippen LogP contribution in [0.2, 0.25) is 0 Å². The highest BCUT2D eigenvalue weighted by Gasteiger charge is 2.27. The molecule has 172 valence electrons. The van der Waals surface area contributed by atoms with Crippen LogP contribution < -0.4 is 10.2 Å². The predicted molar refractivity (Wildman–Crippen MR) is 128 cm³/mol. The molecule has 1 aromatic heterocycles. The smallest absolute Gasteiger partial charge is 0.251 e. The Balaban J connectivity index is 1.21. The molecule has 1 saturated heterocycles. The van der Waals surface area contributed by atoms with Gasteiger partial charge in [0.25, 0.3) is 5.91 Å². The Morgan fingerprint density at radius 1 is 0.848 bits per heavy atom. The number of sulfonamides is 1. The van der Waals surface area contributed by atoms with E-state index >= 15 is 0 Å². The van der Waals surface area contributed by atoms with E-state index in [0.29, 0.717) is 50.7 Å². The summed E-state index contributed by atoms with van der Waals surface area (Å²) in [6.07, 6.45) is 3.72. The van der Waals surface area contributed by atoms with E-state index in [0.717, 1.165) is 11.1 Å². The maximum absolute atomic E-state index is 12.7. The molecule has 8 nitrogen and oxygen atoms in total. The van der Waals surface area contributed by atoms with E-state index in [-0.39, 0.29) is 11.7 Å². The third-order valence-electron chi connectivity index (χ3n) is 5.59. The lowest BCUT2D eigenvalue weighted by Gasteiger charge is -2.33. The van der Waals surface area contributed by atoms with Crippen molar-refractivity contribution in [3.05, 3.63) is 78.6 Å². The highest BCUT2D eigenvalue weighted by molar-refractivity contribution is 7.89. The standard InChI is InChI=1S/C24H27N5O3S/c30-23(22-10-8-21(9-11-22)20-6-2-1-3-7-20)25-14-5-19-33(31,32)29-17-15-28(16-18-29)24-26-12-4-13-27-24/h1-4,6-13H,5,14-19H2,(H,25,30). The largest absolute Gasteiger partial charge is 0.352 e. The Labute approximate surface area is 194 Å². The Morgan fingerprint density at radius 2 is 1.48 bits per heavy atom. The van der Waals surface area contributed by atoms with Gasteiger partial charge in [-0.05, 0) is 35.7 Å². The lowest BCUT2D eigenvalue weighted by Crippen LogP contribution is -2.49. The minimum atomic E-state index is -3.37. The van der Waals surface area contributed by atoms with Gasteiger partial charge in [0.2, 0.25) is 16.0 Å². The van der Waals surface area contributed by atoms with Crippen molar-refractivity contribution in [2.24, 2.45) is 0 Å². The van der Waals surface area contributed by atoms with Crippen LogP contribution in [-0.4, -0.2) is 67.1 Å². The van der Waals surface area contributed by atoms with Crippen molar-refractivity contribution in [3.63, 3.8) is 0 Å². The van der Waals surface area contributed by atoms with Gasteiger partial charge in [-0.2, -0.15) is 4.31 Å². The first kappa shape index (κ1) is 22.9. The zero-order valence-electron chi connectivity index (χ0n) is 18.3. The van der Waals surface area contributed by atoms with E-state index in [9.17, 15) is 13.2 Å². The lowest BCUT2D eigenvalue weighted by atomic mass is 10.0. The van der Waals surface area contributed by atoms with Crippen LogP contribution in [0, 0.1) is 0 Å². The zero-order chi connectivity index (χ0) is 23.1. The quantitative estimate of drug-likeness (QED) is 0.514. The van der Waals surface area contributed by atoms with Crippen LogP contribution in [-0.2, 0) is 10.0 Å². The second-order valence-electron chi connectivity index (χ2n) is 7.80. The van der Waals surface area contributed by atoms with Gasteiger partial charge in [-0.3, -0.25) is 4.79 Å². The SMILES string of the molecule is O=C(NCCCS(=O)(=O)N1CCN(c2ncccn2)CC1)c1ccc(-c2ccccc2)cc1. The first-order valence-corrected chi connectivity index (χ1v) is 12.6. The summed E-state index contributed by atoms with van der Waals surface area (Å²) in [6.45, 7) is 2.22. The molecule has 1 amide bonds. The number of piperazine rings is 1. The summed E-state index contributed by atoms with van der Waals surface area (Å²) < 4.78 is 26.9. The minimum absolute atomic E-state index is 0.00205. The maximum Gasteiger partial charge on any atom is 0.251 e. The maximum atomic E-state index is 12.7. The van der Waals surface area contributed by atoms with Gasteiger partial charge >= 0.3 is 0 Å². The molecule has 0 aliphatic carbocycles. The van der Waals surface area contributed by atoms with Crippen LogP contribution in [0.25, 0.3) is 11.1 Å². The van der Waals surface area contributed by atoms with E-state index in [1.54, 1.807) is 30.6 Å². The van der Waals surface area contributed by atoms with Crippen molar-refractivity contribution in [1.82, 2.24) is 19.6 Å². The van der Waals surface area contributed by atoms with Crippen LogP contribution in [0.5, 0.6) is 0 Å². The average Bonchev–Trinajstić information content (AvgIpc) is 2.88. The number of hydrogen-bond donors (Lipinski definition) is 1. The fraction of sp³-hybridized carbons (Fsp3) is 0.292. The summed E-state index contributed by atoms with van der Waals surface area (Å²) in [5, 5.41) is 2.82. The number of amides is 1. The third kappa shape index (κ3) is 5.94. The highest BCUT2D eigenvalue weighted by Crippen LogP contribution is 2.19. The Morgan fingerprint density at radius 3 is 2.15 bits per heavy atom. The first-order chi connectivity index (χ1) is 16.0. The molecule has 0 atom stereocenters. The summed E-state index contributed by atoms with van der Waals surface area (Å²) in [5.74, 6) is 0.416. The van der Waals surface area contributed by atoms with Gasteiger partial charge in [0, 0.05) is 50.7 Å². The molecule has 0 spiro atoms. The van der Waals surface area contributed by atoms with Gasteiger partial charge in [0.15, 0.2) is 0 Å². The van der Waals surface area contributed by atoms with Crippen LogP contribution in [0.1, 0.15) is 16.8 Å².